The molecule has 1 aliphatic rings. The Hall–Kier alpha value is -1.47. The van der Waals surface area contributed by atoms with Crippen LogP contribution in [-0.2, 0) is 0 Å². The van der Waals surface area contributed by atoms with E-state index in [1.54, 1.807) is 0 Å². The van der Waals surface area contributed by atoms with Crippen molar-refractivity contribution in [2.75, 3.05) is 13.1 Å². The number of nitro groups is 1. The zero-order chi connectivity index (χ0) is 14.0. The maximum atomic E-state index is 12.2. The molecule has 1 fully saturated rings. The van der Waals surface area contributed by atoms with Gasteiger partial charge in [-0.25, -0.2) is 0 Å². The molecule has 7 heteroatoms. The second kappa shape index (κ2) is 5.26. The second-order valence-corrected chi connectivity index (χ2v) is 5.72. The number of rotatable bonds is 3. The van der Waals surface area contributed by atoms with Crippen molar-refractivity contribution in [3.8, 4) is 0 Å². The van der Waals surface area contributed by atoms with Gasteiger partial charge in [0.25, 0.3) is 11.6 Å². The molecular weight excluding hydrogens is 314 g/mol. The van der Waals surface area contributed by atoms with E-state index in [9.17, 15) is 14.9 Å². The van der Waals surface area contributed by atoms with Crippen LogP contribution in [-0.4, -0.2) is 29.5 Å². The number of amides is 1. The quantitative estimate of drug-likeness (QED) is 0.655. The molecule has 0 aromatic heterocycles. The van der Waals surface area contributed by atoms with Gasteiger partial charge in [-0.05, 0) is 41.9 Å². The molecule has 19 heavy (non-hydrogen) atoms. The topological polar surface area (TPSA) is 84.3 Å². The van der Waals surface area contributed by atoms with Crippen molar-refractivity contribution in [1.82, 2.24) is 10.6 Å². The van der Waals surface area contributed by atoms with Crippen molar-refractivity contribution in [2.45, 2.75) is 18.9 Å². The van der Waals surface area contributed by atoms with Gasteiger partial charge in [0.2, 0.25) is 0 Å². The summed E-state index contributed by atoms with van der Waals surface area (Å²) in [5, 5.41) is 16.8. The van der Waals surface area contributed by atoms with E-state index < -0.39 is 4.92 Å². The maximum absolute atomic E-state index is 12.2. The van der Waals surface area contributed by atoms with Crippen LogP contribution in [0.5, 0.6) is 0 Å². The van der Waals surface area contributed by atoms with Crippen LogP contribution in [0.15, 0.2) is 22.7 Å². The van der Waals surface area contributed by atoms with Gasteiger partial charge in [0.1, 0.15) is 0 Å². The molecule has 6 nitrogen and oxygen atoms in total. The van der Waals surface area contributed by atoms with Crippen LogP contribution < -0.4 is 10.6 Å². The number of carbonyl (C=O) groups excluding carboxylic acids is 1. The van der Waals surface area contributed by atoms with Crippen LogP contribution in [0.4, 0.5) is 5.69 Å². The highest BCUT2D eigenvalue weighted by molar-refractivity contribution is 9.10. The number of hydrogen-bond donors (Lipinski definition) is 2. The first-order chi connectivity index (χ1) is 8.91. The van der Waals surface area contributed by atoms with Crippen molar-refractivity contribution in [3.63, 3.8) is 0 Å². The summed E-state index contributed by atoms with van der Waals surface area (Å²) in [5.74, 6) is -0.304. The Bertz CT molecular complexity index is 527. The summed E-state index contributed by atoms with van der Waals surface area (Å²) in [6, 6.07) is 4.16. The Morgan fingerprint density at radius 3 is 2.89 bits per heavy atom. The normalized spacial score (nSPS) is 22.2. The molecule has 0 saturated carbocycles. The van der Waals surface area contributed by atoms with Crippen LogP contribution in [0.2, 0.25) is 0 Å². The van der Waals surface area contributed by atoms with Crippen LogP contribution in [0.25, 0.3) is 0 Å². The molecule has 0 bridgehead atoms. The molecule has 0 spiro atoms. The van der Waals surface area contributed by atoms with Crippen molar-refractivity contribution < 1.29 is 9.72 Å². The van der Waals surface area contributed by atoms with E-state index in [-0.39, 0.29) is 22.7 Å². The Balaban J connectivity index is 2.23. The third-order valence-electron chi connectivity index (χ3n) is 3.19. The van der Waals surface area contributed by atoms with Crippen molar-refractivity contribution in [1.29, 1.82) is 0 Å². The fourth-order valence-electron chi connectivity index (χ4n) is 2.07. The van der Waals surface area contributed by atoms with Gasteiger partial charge in [0, 0.05) is 23.2 Å². The Morgan fingerprint density at radius 1 is 1.58 bits per heavy atom. The predicted molar refractivity (Wildman–Crippen MR) is 74.2 cm³/mol. The van der Waals surface area contributed by atoms with Crippen LogP contribution in [0.1, 0.15) is 23.7 Å². The van der Waals surface area contributed by atoms with E-state index >= 15 is 0 Å². The number of nitro benzene ring substituents is 1. The smallest absolute Gasteiger partial charge is 0.270 e. The van der Waals surface area contributed by atoms with E-state index in [0.29, 0.717) is 11.0 Å². The van der Waals surface area contributed by atoms with E-state index in [2.05, 4.69) is 26.6 Å². The number of nitrogens with one attached hydrogen (secondary N) is 2. The molecule has 1 atom stereocenters. The first-order valence-electron chi connectivity index (χ1n) is 5.88. The molecule has 2 rings (SSSR count). The second-order valence-electron chi connectivity index (χ2n) is 4.86. The standard InChI is InChI=1S/C12H14BrN3O3/c1-12(4-5-14-7-12)15-11(17)9-6-8(16(18)19)2-3-10(9)13/h2-3,6,14H,4-5,7H2,1H3,(H,15,17). The van der Waals surface area contributed by atoms with Gasteiger partial charge in [-0.15, -0.1) is 0 Å². The first kappa shape index (κ1) is 14.0. The minimum absolute atomic E-state index is 0.0944. The van der Waals surface area contributed by atoms with Crippen LogP contribution in [0, 0.1) is 10.1 Å². The monoisotopic (exact) mass is 327 g/mol. The van der Waals surface area contributed by atoms with E-state index in [1.165, 1.54) is 18.2 Å². The van der Waals surface area contributed by atoms with Gasteiger partial charge in [0.15, 0.2) is 0 Å². The minimum Gasteiger partial charge on any atom is -0.346 e. The van der Waals surface area contributed by atoms with E-state index in [0.717, 1.165) is 13.0 Å². The SMILES string of the molecule is CC1(NC(=O)c2cc([N+](=O)[O-])ccc2Br)CCNC1. The third-order valence-corrected chi connectivity index (χ3v) is 3.88. The fourth-order valence-corrected chi connectivity index (χ4v) is 2.49. The average Bonchev–Trinajstić information content (AvgIpc) is 2.75. The molecule has 1 amide bonds. The van der Waals surface area contributed by atoms with Gasteiger partial charge >= 0.3 is 0 Å². The lowest BCUT2D eigenvalue weighted by Crippen LogP contribution is -2.47. The molecule has 1 aliphatic heterocycles. The highest BCUT2D eigenvalue weighted by Crippen LogP contribution is 2.24. The molecule has 1 saturated heterocycles. The molecule has 102 valence electrons. The number of nitrogens with zero attached hydrogens (tertiary/aromatic N) is 1. The summed E-state index contributed by atoms with van der Waals surface area (Å²) in [4.78, 5) is 22.4. The highest BCUT2D eigenvalue weighted by Gasteiger charge is 2.31. The molecule has 1 unspecified atom stereocenters. The zero-order valence-corrected chi connectivity index (χ0v) is 12.0. The van der Waals surface area contributed by atoms with E-state index in [1.807, 2.05) is 6.92 Å². The molecule has 0 aliphatic carbocycles. The molecular formula is C12H14BrN3O3. The number of benzene rings is 1. The lowest BCUT2D eigenvalue weighted by molar-refractivity contribution is -0.384. The summed E-state index contributed by atoms with van der Waals surface area (Å²) in [6.45, 7) is 3.51. The molecule has 1 aromatic carbocycles. The third kappa shape index (κ3) is 3.10. The maximum Gasteiger partial charge on any atom is 0.270 e. The van der Waals surface area contributed by atoms with Crippen LogP contribution in [0.3, 0.4) is 0 Å². The summed E-state index contributed by atoms with van der Waals surface area (Å²) in [6.07, 6.45) is 0.839. The van der Waals surface area contributed by atoms with Crippen molar-refractivity contribution in [2.24, 2.45) is 0 Å². The summed E-state index contributed by atoms with van der Waals surface area (Å²) in [7, 11) is 0. The lowest BCUT2D eigenvalue weighted by atomic mass is 10.0. The Labute approximate surface area is 118 Å². The Kier molecular flexibility index (Phi) is 3.86. The van der Waals surface area contributed by atoms with E-state index in [4.69, 9.17) is 0 Å². The lowest BCUT2D eigenvalue weighted by Gasteiger charge is -2.24. The zero-order valence-electron chi connectivity index (χ0n) is 10.4. The number of non-ortho nitro benzene ring substituents is 1. The summed E-state index contributed by atoms with van der Waals surface area (Å²) in [5.41, 5.74) is -0.119. The van der Waals surface area contributed by atoms with Gasteiger partial charge in [-0.2, -0.15) is 0 Å². The van der Waals surface area contributed by atoms with Crippen molar-refractivity contribution in [3.05, 3.63) is 38.3 Å². The largest absolute Gasteiger partial charge is 0.346 e. The number of halogens is 1. The molecule has 0 radical (unpaired) electrons. The van der Waals surface area contributed by atoms with Crippen LogP contribution >= 0.6 is 15.9 Å². The predicted octanol–water partition coefficient (Wildman–Crippen LogP) is 1.84. The Morgan fingerprint density at radius 2 is 2.32 bits per heavy atom. The molecule has 1 aromatic rings. The van der Waals surface area contributed by atoms with Gasteiger partial charge in [0.05, 0.1) is 16.0 Å². The molecule has 1 heterocycles. The highest BCUT2D eigenvalue weighted by atomic mass is 79.9. The first-order valence-corrected chi connectivity index (χ1v) is 6.68. The summed E-state index contributed by atoms with van der Waals surface area (Å²) < 4.78 is 0.546. The fraction of sp³-hybridized carbons (Fsp3) is 0.417. The minimum atomic E-state index is -0.512. The summed E-state index contributed by atoms with van der Waals surface area (Å²) >= 11 is 3.25. The number of hydrogen-bond acceptors (Lipinski definition) is 4. The van der Waals surface area contributed by atoms with Crippen molar-refractivity contribution >= 4 is 27.5 Å². The van der Waals surface area contributed by atoms with Gasteiger partial charge < -0.3 is 10.6 Å². The number of carbonyl (C=O) groups is 1. The average molecular weight is 328 g/mol. The molecule has 2 N–H and O–H groups in total. The van der Waals surface area contributed by atoms with Gasteiger partial charge in [-0.3, -0.25) is 14.9 Å². The van der Waals surface area contributed by atoms with Gasteiger partial charge in [-0.1, -0.05) is 0 Å².